The van der Waals surface area contributed by atoms with Crippen molar-refractivity contribution in [3.8, 4) is 0 Å². The van der Waals surface area contributed by atoms with Crippen LogP contribution in [0.4, 0.5) is 0 Å². The Hall–Kier alpha value is -0.340. The van der Waals surface area contributed by atoms with Crippen LogP contribution in [0.5, 0.6) is 0 Å². The normalized spacial score (nSPS) is 14.9. The summed E-state index contributed by atoms with van der Waals surface area (Å²) in [4.78, 5) is 0. The van der Waals surface area contributed by atoms with E-state index in [0.29, 0.717) is 12.0 Å². The molecule has 1 N–H and O–H groups in total. The van der Waals surface area contributed by atoms with E-state index in [2.05, 4.69) is 61.1 Å². The first-order valence-corrected chi connectivity index (χ1v) is 6.74. The van der Waals surface area contributed by atoms with E-state index in [1.165, 1.54) is 27.6 Å². The fourth-order valence-corrected chi connectivity index (χ4v) is 2.58. The number of halogens is 1. The third-order valence-corrected chi connectivity index (χ3v) is 4.26. The molecule has 0 radical (unpaired) electrons. The molecule has 0 saturated heterocycles. The van der Waals surface area contributed by atoms with Gasteiger partial charge in [0, 0.05) is 10.5 Å². The van der Waals surface area contributed by atoms with Gasteiger partial charge in [-0.3, -0.25) is 0 Å². The average Bonchev–Trinajstić information content (AvgIpc) is 2.26. The third-order valence-electron chi connectivity index (χ3n) is 3.41. The molecule has 2 unspecified atom stereocenters. The molecule has 2 heteroatoms. The number of benzene rings is 1. The van der Waals surface area contributed by atoms with E-state index in [-0.39, 0.29) is 0 Å². The van der Waals surface area contributed by atoms with Crippen molar-refractivity contribution in [1.82, 2.24) is 5.32 Å². The van der Waals surface area contributed by atoms with E-state index in [9.17, 15) is 0 Å². The minimum atomic E-state index is 0.455. The van der Waals surface area contributed by atoms with Crippen molar-refractivity contribution in [2.24, 2.45) is 5.92 Å². The highest BCUT2D eigenvalue weighted by Crippen LogP contribution is 2.30. The molecule has 0 heterocycles. The highest BCUT2D eigenvalue weighted by atomic mass is 79.9. The SMILES string of the molecule is CCC(C)C(NC)c1cc(C)c(Br)cc1C. The Morgan fingerprint density at radius 2 is 1.88 bits per heavy atom. The molecule has 0 aliphatic carbocycles. The molecule has 1 nitrogen and oxygen atoms in total. The average molecular weight is 284 g/mol. The van der Waals surface area contributed by atoms with Crippen molar-refractivity contribution in [1.29, 1.82) is 0 Å². The lowest BCUT2D eigenvalue weighted by Crippen LogP contribution is -2.24. The molecule has 90 valence electrons. The summed E-state index contributed by atoms with van der Waals surface area (Å²) < 4.78 is 1.20. The van der Waals surface area contributed by atoms with Crippen LogP contribution in [0.15, 0.2) is 16.6 Å². The second-order valence-corrected chi connectivity index (χ2v) is 5.46. The van der Waals surface area contributed by atoms with Crippen molar-refractivity contribution in [3.05, 3.63) is 33.3 Å². The second-order valence-electron chi connectivity index (χ2n) is 4.61. The molecule has 2 atom stereocenters. The smallest absolute Gasteiger partial charge is 0.0346 e. The molecule has 1 aromatic rings. The van der Waals surface area contributed by atoms with Gasteiger partial charge in [-0.2, -0.15) is 0 Å². The van der Waals surface area contributed by atoms with Crippen LogP contribution in [-0.2, 0) is 0 Å². The maximum Gasteiger partial charge on any atom is 0.0346 e. The molecule has 16 heavy (non-hydrogen) atoms. The van der Waals surface area contributed by atoms with Crippen LogP contribution in [0, 0.1) is 19.8 Å². The topological polar surface area (TPSA) is 12.0 Å². The van der Waals surface area contributed by atoms with Gasteiger partial charge in [0.05, 0.1) is 0 Å². The van der Waals surface area contributed by atoms with Crippen molar-refractivity contribution in [2.45, 2.75) is 40.2 Å². The maximum atomic E-state index is 3.58. The van der Waals surface area contributed by atoms with E-state index >= 15 is 0 Å². The van der Waals surface area contributed by atoms with Crippen LogP contribution in [0.3, 0.4) is 0 Å². The number of rotatable bonds is 4. The minimum absolute atomic E-state index is 0.455. The Kier molecular flexibility index (Phi) is 5.00. The molecule has 0 amide bonds. The molecular weight excluding hydrogens is 262 g/mol. The maximum absolute atomic E-state index is 3.58. The third kappa shape index (κ3) is 2.86. The summed E-state index contributed by atoms with van der Waals surface area (Å²) in [6.07, 6.45) is 1.19. The molecule has 1 rings (SSSR count). The van der Waals surface area contributed by atoms with Crippen LogP contribution in [-0.4, -0.2) is 7.05 Å². The highest BCUT2D eigenvalue weighted by molar-refractivity contribution is 9.10. The van der Waals surface area contributed by atoms with Crippen molar-refractivity contribution in [3.63, 3.8) is 0 Å². The van der Waals surface area contributed by atoms with E-state index in [1.54, 1.807) is 0 Å². The largest absolute Gasteiger partial charge is 0.313 e. The summed E-state index contributed by atoms with van der Waals surface area (Å²) in [6, 6.07) is 4.97. The predicted octanol–water partition coefficient (Wildman–Crippen LogP) is 4.37. The van der Waals surface area contributed by atoms with Gasteiger partial charge in [-0.1, -0.05) is 42.3 Å². The zero-order valence-electron chi connectivity index (χ0n) is 10.9. The van der Waals surface area contributed by atoms with Crippen LogP contribution in [0.25, 0.3) is 0 Å². The standard InChI is InChI=1S/C14H22BrN/c1-6-9(2)14(16-5)12-7-11(4)13(15)8-10(12)3/h7-9,14,16H,6H2,1-5H3. The van der Waals surface area contributed by atoms with Gasteiger partial charge in [0.1, 0.15) is 0 Å². The Morgan fingerprint density at radius 3 is 2.38 bits per heavy atom. The zero-order valence-corrected chi connectivity index (χ0v) is 12.5. The molecular formula is C14H22BrN. The monoisotopic (exact) mass is 283 g/mol. The van der Waals surface area contributed by atoms with Crippen LogP contribution in [0.1, 0.15) is 43.0 Å². The van der Waals surface area contributed by atoms with Crippen LogP contribution in [0.2, 0.25) is 0 Å². The minimum Gasteiger partial charge on any atom is -0.313 e. The van der Waals surface area contributed by atoms with E-state index in [4.69, 9.17) is 0 Å². The summed E-state index contributed by atoms with van der Waals surface area (Å²) >= 11 is 3.58. The van der Waals surface area contributed by atoms with Crippen molar-refractivity contribution in [2.75, 3.05) is 7.05 Å². The molecule has 0 fully saturated rings. The van der Waals surface area contributed by atoms with Gasteiger partial charge in [0.25, 0.3) is 0 Å². The fourth-order valence-electron chi connectivity index (χ4n) is 2.12. The summed E-state index contributed by atoms with van der Waals surface area (Å²) in [5, 5.41) is 3.44. The molecule has 0 aliphatic rings. The Bertz CT molecular complexity index is 360. The van der Waals surface area contributed by atoms with E-state index in [1.807, 2.05) is 7.05 Å². The highest BCUT2D eigenvalue weighted by Gasteiger charge is 2.18. The Morgan fingerprint density at radius 1 is 1.25 bits per heavy atom. The van der Waals surface area contributed by atoms with Gasteiger partial charge in [0.2, 0.25) is 0 Å². The quantitative estimate of drug-likeness (QED) is 0.865. The first-order valence-electron chi connectivity index (χ1n) is 5.95. The number of aryl methyl sites for hydroxylation is 2. The summed E-state index contributed by atoms with van der Waals surface area (Å²) in [7, 11) is 2.05. The van der Waals surface area contributed by atoms with Crippen LogP contribution >= 0.6 is 15.9 Å². The molecule has 0 aliphatic heterocycles. The van der Waals surface area contributed by atoms with Gasteiger partial charge in [0.15, 0.2) is 0 Å². The Balaban J connectivity index is 3.15. The fraction of sp³-hybridized carbons (Fsp3) is 0.571. The summed E-state index contributed by atoms with van der Waals surface area (Å²) in [5.41, 5.74) is 4.10. The lowest BCUT2D eigenvalue weighted by atomic mass is 9.89. The summed E-state index contributed by atoms with van der Waals surface area (Å²) in [5.74, 6) is 0.657. The lowest BCUT2D eigenvalue weighted by Gasteiger charge is -2.25. The lowest BCUT2D eigenvalue weighted by molar-refractivity contribution is 0.399. The second kappa shape index (κ2) is 5.83. The summed E-state index contributed by atoms with van der Waals surface area (Å²) in [6.45, 7) is 8.89. The van der Waals surface area contributed by atoms with Gasteiger partial charge in [-0.25, -0.2) is 0 Å². The number of nitrogens with one attached hydrogen (secondary N) is 1. The van der Waals surface area contributed by atoms with Crippen molar-refractivity contribution < 1.29 is 0 Å². The van der Waals surface area contributed by atoms with Crippen molar-refractivity contribution >= 4 is 15.9 Å². The molecule has 1 aromatic carbocycles. The predicted molar refractivity (Wildman–Crippen MR) is 74.9 cm³/mol. The van der Waals surface area contributed by atoms with Gasteiger partial charge in [-0.15, -0.1) is 0 Å². The first kappa shape index (κ1) is 13.7. The van der Waals surface area contributed by atoms with E-state index in [0.717, 1.165) is 0 Å². The Labute approximate surface area is 108 Å². The van der Waals surface area contributed by atoms with Gasteiger partial charge >= 0.3 is 0 Å². The number of hydrogen-bond donors (Lipinski definition) is 1. The molecule has 0 aromatic heterocycles. The zero-order chi connectivity index (χ0) is 12.3. The van der Waals surface area contributed by atoms with E-state index < -0.39 is 0 Å². The number of hydrogen-bond acceptors (Lipinski definition) is 1. The first-order chi connectivity index (χ1) is 7.51. The van der Waals surface area contributed by atoms with Gasteiger partial charge in [-0.05, 0) is 49.6 Å². The molecule has 0 spiro atoms. The molecule has 0 saturated carbocycles. The van der Waals surface area contributed by atoms with Crippen LogP contribution < -0.4 is 5.32 Å². The van der Waals surface area contributed by atoms with Gasteiger partial charge < -0.3 is 5.32 Å². The molecule has 0 bridgehead atoms.